The molecule has 0 aliphatic heterocycles. The number of rotatable bonds is 5. The van der Waals surface area contributed by atoms with Gasteiger partial charge in [-0.05, 0) is 5.92 Å². The van der Waals surface area contributed by atoms with Gasteiger partial charge in [-0.2, -0.15) is 13.2 Å². The van der Waals surface area contributed by atoms with E-state index >= 15 is 0 Å². The molecule has 21 heavy (non-hydrogen) atoms. The minimum Gasteiger partial charge on any atom is -0.480 e. The number of anilines is 1. The Labute approximate surface area is 122 Å². The van der Waals surface area contributed by atoms with Crippen molar-refractivity contribution in [3.05, 3.63) is 11.1 Å². The van der Waals surface area contributed by atoms with Crippen molar-refractivity contribution in [2.75, 3.05) is 18.4 Å². The lowest BCUT2D eigenvalue weighted by atomic mass is 10.2. The molecular formula is C11H14F3N3O3S. The van der Waals surface area contributed by atoms with E-state index in [1.54, 1.807) is 5.38 Å². The number of carboxylic acids is 1. The van der Waals surface area contributed by atoms with Crippen LogP contribution in [0.1, 0.15) is 25.5 Å². The minimum atomic E-state index is -4.68. The standard InChI is InChI=1S/C11H14F3N3O3S/c1-6(2)7-4-21-9(15-7)16-10(20)17(3-8(18)19)5-11(12,13)14/h4,6H,3,5H2,1-2H3,(H,18,19)(H,15,16,20). The Morgan fingerprint density at radius 2 is 2.10 bits per heavy atom. The van der Waals surface area contributed by atoms with Gasteiger partial charge >= 0.3 is 18.2 Å². The molecule has 10 heteroatoms. The number of thiazole rings is 1. The molecular weight excluding hydrogens is 311 g/mol. The van der Waals surface area contributed by atoms with E-state index in [-0.39, 0.29) is 15.9 Å². The number of carbonyl (C=O) groups is 2. The molecule has 118 valence electrons. The third kappa shape index (κ3) is 5.98. The fraction of sp³-hybridized carbons (Fsp3) is 0.545. The Morgan fingerprint density at radius 1 is 1.48 bits per heavy atom. The van der Waals surface area contributed by atoms with Gasteiger partial charge in [0.05, 0.1) is 5.69 Å². The topological polar surface area (TPSA) is 82.5 Å². The molecule has 0 aliphatic carbocycles. The molecule has 1 aromatic rings. The summed E-state index contributed by atoms with van der Waals surface area (Å²) in [7, 11) is 0. The third-order valence-corrected chi connectivity index (χ3v) is 3.09. The lowest BCUT2D eigenvalue weighted by molar-refractivity contribution is -0.148. The van der Waals surface area contributed by atoms with Crippen LogP contribution in [-0.2, 0) is 4.79 Å². The van der Waals surface area contributed by atoms with E-state index in [9.17, 15) is 22.8 Å². The number of aliphatic carboxylic acids is 1. The number of carboxylic acid groups (broad SMARTS) is 1. The van der Waals surface area contributed by atoms with Crippen LogP contribution in [-0.4, -0.2) is 46.3 Å². The van der Waals surface area contributed by atoms with Crippen molar-refractivity contribution in [3.63, 3.8) is 0 Å². The first kappa shape index (κ1) is 17.2. The Bertz CT molecular complexity index is 516. The maximum absolute atomic E-state index is 12.3. The summed E-state index contributed by atoms with van der Waals surface area (Å²) in [6.07, 6.45) is -4.68. The monoisotopic (exact) mass is 325 g/mol. The van der Waals surface area contributed by atoms with E-state index in [1.165, 1.54) is 0 Å². The van der Waals surface area contributed by atoms with Gasteiger partial charge in [0.1, 0.15) is 13.1 Å². The van der Waals surface area contributed by atoms with Crippen molar-refractivity contribution in [3.8, 4) is 0 Å². The number of carbonyl (C=O) groups excluding carboxylic acids is 1. The normalized spacial score (nSPS) is 11.5. The fourth-order valence-electron chi connectivity index (χ4n) is 1.36. The van der Waals surface area contributed by atoms with Gasteiger partial charge in [0, 0.05) is 5.38 Å². The predicted molar refractivity (Wildman–Crippen MR) is 70.5 cm³/mol. The molecule has 2 N–H and O–H groups in total. The largest absolute Gasteiger partial charge is 0.480 e. The molecule has 1 aromatic heterocycles. The number of aromatic nitrogens is 1. The van der Waals surface area contributed by atoms with Crippen molar-refractivity contribution in [1.82, 2.24) is 9.88 Å². The summed E-state index contributed by atoms with van der Waals surface area (Å²) in [5, 5.41) is 12.5. The number of halogens is 3. The zero-order valence-corrected chi connectivity index (χ0v) is 12.1. The molecule has 0 saturated carbocycles. The first-order chi connectivity index (χ1) is 9.58. The molecule has 2 amide bonds. The molecule has 0 spiro atoms. The second kappa shape index (κ2) is 6.74. The van der Waals surface area contributed by atoms with Crippen LogP contribution in [0, 0.1) is 0 Å². The van der Waals surface area contributed by atoms with Gasteiger partial charge in [0.15, 0.2) is 5.13 Å². The van der Waals surface area contributed by atoms with E-state index in [4.69, 9.17) is 5.11 Å². The van der Waals surface area contributed by atoms with E-state index in [0.717, 1.165) is 11.3 Å². The van der Waals surface area contributed by atoms with E-state index < -0.39 is 31.3 Å². The van der Waals surface area contributed by atoms with Crippen LogP contribution < -0.4 is 5.32 Å². The summed E-state index contributed by atoms with van der Waals surface area (Å²) in [6.45, 7) is 1.06. The molecule has 1 rings (SSSR count). The first-order valence-electron chi connectivity index (χ1n) is 5.88. The Kier molecular flexibility index (Phi) is 5.53. The number of hydrogen-bond donors (Lipinski definition) is 2. The van der Waals surface area contributed by atoms with Crippen LogP contribution in [0.2, 0.25) is 0 Å². The quantitative estimate of drug-likeness (QED) is 0.872. The maximum atomic E-state index is 12.3. The third-order valence-electron chi connectivity index (χ3n) is 2.31. The average molecular weight is 325 g/mol. The zero-order chi connectivity index (χ0) is 16.2. The molecule has 0 atom stereocenters. The van der Waals surface area contributed by atoms with Crippen molar-refractivity contribution in [2.24, 2.45) is 0 Å². The highest BCUT2D eigenvalue weighted by molar-refractivity contribution is 7.13. The molecule has 0 fully saturated rings. The van der Waals surface area contributed by atoms with Crippen LogP contribution in [0.5, 0.6) is 0 Å². The Morgan fingerprint density at radius 3 is 2.52 bits per heavy atom. The van der Waals surface area contributed by atoms with E-state index in [2.05, 4.69) is 10.3 Å². The summed E-state index contributed by atoms with van der Waals surface area (Å²) in [4.78, 5) is 26.5. The lowest BCUT2D eigenvalue weighted by Crippen LogP contribution is -2.44. The number of nitrogens with zero attached hydrogens (tertiary/aromatic N) is 2. The maximum Gasteiger partial charge on any atom is 0.406 e. The summed E-state index contributed by atoms with van der Waals surface area (Å²) in [5.74, 6) is -1.42. The molecule has 0 bridgehead atoms. The van der Waals surface area contributed by atoms with Gasteiger partial charge in [-0.3, -0.25) is 10.1 Å². The Balaban J connectivity index is 2.77. The molecule has 6 nitrogen and oxygen atoms in total. The first-order valence-corrected chi connectivity index (χ1v) is 6.76. The van der Waals surface area contributed by atoms with Gasteiger partial charge in [-0.25, -0.2) is 9.78 Å². The molecule has 0 unspecified atom stereocenters. The summed E-state index contributed by atoms with van der Waals surface area (Å²) < 4.78 is 37.0. The van der Waals surface area contributed by atoms with Crippen LogP contribution in [0.15, 0.2) is 5.38 Å². The smallest absolute Gasteiger partial charge is 0.406 e. The molecule has 0 radical (unpaired) electrons. The van der Waals surface area contributed by atoms with Crippen LogP contribution in [0.25, 0.3) is 0 Å². The summed E-state index contributed by atoms with van der Waals surface area (Å²) in [6, 6.07) is -1.15. The van der Waals surface area contributed by atoms with Gasteiger partial charge in [0.2, 0.25) is 0 Å². The second-order valence-corrected chi connectivity index (χ2v) is 5.39. The fourth-order valence-corrected chi connectivity index (χ4v) is 2.22. The molecule has 1 heterocycles. The predicted octanol–water partition coefficient (Wildman–Crippen LogP) is 2.75. The molecule has 0 aliphatic rings. The number of alkyl halides is 3. The van der Waals surface area contributed by atoms with Crippen LogP contribution in [0.4, 0.5) is 23.1 Å². The second-order valence-electron chi connectivity index (χ2n) is 4.53. The van der Waals surface area contributed by atoms with Gasteiger partial charge in [-0.15, -0.1) is 11.3 Å². The van der Waals surface area contributed by atoms with Crippen molar-refractivity contribution in [2.45, 2.75) is 25.9 Å². The van der Waals surface area contributed by atoms with Crippen LogP contribution in [0.3, 0.4) is 0 Å². The Hall–Kier alpha value is -1.84. The van der Waals surface area contributed by atoms with E-state index in [1.807, 2.05) is 13.8 Å². The average Bonchev–Trinajstić information content (AvgIpc) is 2.74. The highest BCUT2D eigenvalue weighted by atomic mass is 32.1. The summed E-state index contributed by atoms with van der Waals surface area (Å²) >= 11 is 1.06. The van der Waals surface area contributed by atoms with Crippen LogP contribution >= 0.6 is 11.3 Å². The molecule has 0 aromatic carbocycles. The van der Waals surface area contributed by atoms with Crippen molar-refractivity contribution in [1.29, 1.82) is 0 Å². The van der Waals surface area contributed by atoms with Gasteiger partial charge in [-0.1, -0.05) is 13.8 Å². The summed E-state index contributed by atoms with van der Waals surface area (Å²) in [5.41, 5.74) is 0.691. The highest BCUT2D eigenvalue weighted by Gasteiger charge is 2.34. The lowest BCUT2D eigenvalue weighted by Gasteiger charge is -2.21. The van der Waals surface area contributed by atoms with E-state index in [0.29, 0.717) is 5.69 Å². The zero-order valence-electron chi connectivity index (χ0n) is 11.3. The van der Waals surface area contributed by atoms with Gasteiger partial charge < -0.3 is 10.0 Å². The van der Waals surface area contributed by atoms with Gasteiger partial charge in [0.25, 0.3) is 0 Å². The molecule has 0 saturated heterocycles. The number of hydrogen-bond acceptors (Lipinski definition) is 4. The SMILES string of the molecule is CC(C)c1csc(NC(=O)N(CC(=O)O)CC(F)(F)F)n1. The minimum absolute atomic E-state index is 0.109. The number of nitrogens with one attached hydrogen (secondary N) is 1. The van der Waals surface area contributed by atoms with Crippen molar-refractivity contribution >= 4 is 28.5 Å². The van der Waals surface area contributed by atoms with Crippen molar-refractivity contribution < 1.29 is 27.9 Å². The number of amides is 2. The number of urea groups is 1. The highest BCUT2D eigenvalue weighted by Crippen LogP contribution is 2.22.